The molecule has 0 fully saturated rings. The summed E-state index contributed by atoms with van der Waals surface area (Å²) in [6.07, 6.45) is 8.82. The second-order valence-electron chi connectivity index (χ2n) is 7.73. The lowest BCUT2D eigenvalue weighted by atomic mass is 10.1. The lowest BCUT2D eigenvalue weighted by Gasteiger charge is -2.26. The molecular formula is C24H30FN3O9. The van der Waals surface area contributed by atoms with E-state index < -0.39 is 23.9 Å². The molecule has 13 heteroatoms. The van der Waals surface area contributed by atoms with Gasteiger partial charge in [-0.05, 0) is 51.1 Å². The molecule has 202 valence electrons. The highest BCUT2D eigenvalue weighted by Crippen LogP contribution is 2.13. The van der Waals surface area contributed by atoms with Crippen LogP contribution in [0.3, 0.4) is 0 Å². The maximum atomic E-state index is 12.8. The molecule has 0 aliphatic rings. The Morgan fingerprint density at radius 3 is 1.84 bits per heavy atom. The minimum Gasteiger partial charge on any atom is -0.492 e. The van der Waals surface area contributed by atoms with Gasteiger partial charge in [0.05, 0.1) is 6.33 Å². The Hall–Kier alpha value is -4.52. The third kappa shape index (κ3) is 20.6. The lowest BCUT2D eigenvalue weighted by molar-refractivity contribution is -0.134. The number of carboxylic acids is 4. The molecule has 0 spiro atoms. The normalized spacial score (nSPS) is 10.7. The summed E-state index contributed by atoms with van der Waals surface area (Å²) in [5.74, 6) is -4.59. The Labute approximate surface area is 212 Å². The smallest absolute Gasteiger partial charge is 0.328 e. The van der Waals surface area contributed by atoms with Gasteiger partial charge in [-0.1, -0.05) is 0 Å². The summed E-state index contributed by atoms with van der Waals surface area (Å²) in [5.41, 5.74) is -0.136. The maximum Gasteiger partial charge on any atom is 0.328 e. The van der Waals surface area contributed by atoms with Gasteiger partial charge < -0.3 is 35.0 Å². The molecule has 2 aromatic rings. The second-order valence-corrected chi connectivity index (χ2v) is 7.73. The number of hydrogen-bond donors (Lipinski definition) is 5. The Morgan fingerprint density at radius 2 is 1.43 bits per heavy atom. The number of carbonyl (C=O) groups is 4. The summed E-state index contributed by atoms with van der Waals surface area (Å²) in [7, 11) is 0. The lowest BCUT2D eigenvalue weighted by Crippen LogP contribution is -2.45. The summed E-state index contributed by atoms with van der Waals surface area (Å²) < 4.78 is 20.6. The summed E-state index contributed by atoms with van der Waals surface area (Å²) in [6.45, 7) is 6.56. The molecule has 0 aliphatic carbocycles. The fourth-order valence-corrected chi connectivity index (χ4v) is 2.24. The summed E-state index contributed by atoms with van der Waals surface area (Å²) in [6, 6.07) is 6.09. The molecule has 37 heavy (non-hydrogen) atoms. The predicted molar refractivity (Wildman–Crippen MR) is 130 cm³/mol. The second kappa shape index (κ2) is 17.8. The molecular weight excluding hydrogens is 493 g/mol. The molecule has 5 N–H and O–H groups in total. The van der Waals surface area contributed by atoms with E-state index in [1.165, 1.54) is 12.1 Å². The first-order chi connectivity index (χ1) is 17.3. The zero-order valence-corrected chi connectivity index (χ0v) is 20.3. The highest BCUT2D eigenvalue weighted by Gasteiger charge is 2.17. The number of halogens is 1. The molecule has 0 saturated carbocycles. The number of rotatable bonds is 12. The number of nitrogens with one attached hydrogen (secondary N) is 1. The van der Waals surface area contributed by atoms with Crippen LogP contribution in [0.15, 0.2) is 67.3 Å². The topological polar surface area (TPSA) is 188 Å². The van der Waals surface area contributed by atoms with Gasteiger partial charge in [0.1, 0.15) is 18.2 Å². The van der Waals surface area contributed by atoms with Gasteiger partial charge in [0, 0.05) is 48.8 Å². The standard InChI is InChI=1S/C16H22FN3O.2C4H4O4/c1-16(2,12-21-15-6-4-14(17)5-7-15)19-8-3-10-20-11-9-18-13-20;2*5-3(6)1-2-4(7)8/h4-7,9,11,13,19H,3,8,10,12H2,1-2H3;2*1-2H,(H,5,6)(H,7,8)/b;2*2-1-. The van der Waals surface area contributed by atoms with E-state index in [-0.39, 0.29) is 11.4 Å². The van der Waals surface area contributed by atoms with Crippen molar-refractivity contribution in [2.24, 2.45) is 0 Å². The number of ether oxygens (including phenoxy) is 1. The Kier molecular flexibility index (Phi) is 15.7. The molecule has 12 nitrogen and oxygen atoms in total. The van der Waals surface area contributed by atoms with E-state index in [0.29, 0.717) is 36.7 Å². The van der Waals surface area contributed by atoms with Gasteiger partial charge in [0.2, 0.25) is 0 Å². The summed E-state index contributed by atoms with van der Waals surface area (Å²) in [5, 5.41) is 34.7. The number of benzene rings is 1. The van der Waals surface area contributed by atoms with E-state index in [1.54, 1.807) is 18.3 Å². The minimum absolute atomic E-state index is 0.136. The Balaban J connectivity index is 0.000000669. The SMILES string of the molecule is CC(C)(COc1ccc(F)cc1)NCCCn1ccnc1.O=C(O)/C=C\C(=O)O.O=C(O)/C=C\C(=O)O. The molecule has 0 aliphatic heterocycles. The van der Waals surface area contributed by atoms with Crippen molar-refractivity contribution in [3.63, 3.8) is 0 Å². The number of aliphatic carboxylic acids is 4. The van der Waals surface area contributed by atoms with E-state index in [9.17, 15) is 23.6 Å². The molecule has 0 bridgehead atoms. The van der Waals surface area contributed by atoms with Crippen molar-refractivity contribution < 1.29 is 48.7 Å². The molecule has 0 saturated heterocycles. The fourth-order valence-electron chi connectivity index (χ4n) is 2.24. The van der Waals surface area contributed by atoms with Crippen molar-refractivity contribution in [2.45, 2.75) is 32.4 Å². The van der Waals surface area contributed by atoms with E-state index in [0.717, 1.165) is 19.5 Å². The number of aromatic nitrogens is 2. The molecule has 0 unspecified atom stereocenters. The number of hydrogen-bond acceptors (Lipinski definition) is 7. The van der Waals surface area contributed by atoms with Crippen LogP contribution in [0.1, 0.15) is 20.3 Å². The molecule has 0 amide bonds. The van der Waals surface area contributed by atoms with Gasteiger partial charge in [-0.15, -0.1) is 0 Å². The number of carboxylic acid groups (broad SMARTS) is 4. The van der Waals surface area contributed by atoms with Crippen LogP contribution in [-0.2, 0) is 25.7 Å². The number of nitrogens with zero attached hydrogens (tertiary/aromatic N) is 2. The fraction of sp³-hybridized carbons (Fsp3) is 0.292. The van der Waals surface area contributed by atoms with Crippen LogP contribution >= 0.6 is 0 Å². The van der Waals surface area contributed by atoms with Crippen molar-refractivity contribution in [1.29, 1.82) is 0 Å². The zero-order chi connectivity index (χ0) is 28.3. The van der Waals surface area contributed by atoms with Crippen LogP contribution in [-0.4, -0.2) is 72.5 Å². The van der Waals surface area contributed by atoms with Crippen LogP contribution in [0.2, 0.25) is 0 Å². The van der Waals surface area contributed by atoms with Crippen LogP contribution in [0.25, 0.3) is 0 Å². The van der Waals surface area contributed by atoms with Crippen molar-refractivity contribution in [2.75, 3.05) is 13.2 Å². The monoisotopic (exact) mass is 523 g/mol. The molecule has 0 atom stereocenters. The Bertz CT molecular complexity index is 968. The van der Waals surface area contributed by atoms with E-state index in [2.05, 4.69) is 28.7 Å². The van der Waals surface area contributed by atoms with Crippen molar-refractivity contribution in [1.82, 2.24) is 14.9 Å². The van der Waals surface area contributed by atoms with Crippen molar-refractivity contribution in [3.8, 4) is 5.75 Å². The van der Waals surface area contributed by atoms with Crippen LogP contribution < -0.4 is 10.1 Å². The highest BCUT2D eigenvalue weighted by atomic mass is 19.1. The van der Waals surface area contributed by atoms with Gasteiger partial charge >= 0.3 is 23.9 Å². The van der Waals surface area contributed by atoms with E-state index in [1.807, 2.05) is 12.5 Å². The predicted octanol–water partition coefficient (Wildman–Crippen LogP) is 2.28. The quantitative estimate of drug-likeness (QED) is 0.203. The van der Waals surface area contributed by atoms with Crippen LogP contribution in [0.4, 0.5) is 4.39 Å². The van der Waals surface area contributed by atoms with Gasteiger partial charge in [0.15, 0.2) is 0 Å². The molecule has 2 rings (SSSR count). The minimum atomic E-state index is -1.26. The van der Waals surface area contributed by atoms with Gasteiger partial charge in [-0.3, -0.25) is 0 Å². The number of aryl methyl sites for hydroxylation is 1. The summed E-state index contributed by atoms with van der Waals surface area (Å²) in [4.78, 5) is 42.2. The Morgan fingerprint density at radius 1 is 0.946 bits per heavy atom. The molecule has 1 aromatic heterocycles. The third-order valence-electron chi connectivity index (χ3n) is 3.91. The van der Waals surface area contributed by atoms with Gasteiger partial charge in [-0.2, -0.15) is 0 Å². The molecule has 1 aromatic carbocycles. The average molecular weight is 524 g/mol. The third-order valence-corrected chi connectivity index (χ3v) is 3.91. The average Bonchev–Trinajstić information content (AvgIpc) is 3.33. The first-order valence-electron chi connectivity index (χ1n) is 10.7. The van der Waals surface area contributed by atoms with Crippen LogP contribution in [0, 0.1) is 5.82 Å². The van der Waals surface area contributed by atoms with Gasteiger partial charge in [0.25, 0.3) is 0 Å². The summed E-state index contributed by atoms with van der Waals surface area (Å²) >= 11 is 0. The van der Waals surface area contributed by atoms with E-state index >= 15 is 0 Å². The van der Waals surface area contributed by atoms with E-state index in [4.69, 9.17) is 25.2 Å². The molecule has 0 radical (unpaired) electrons. The van der Waals surface area contributed by atoms with Crippen molar-refractivity contribution >= 4 is 23.9 Å². The first-order valence-corrected chi connectivity index (χ1v) is 10.7. The molecule has 1 heterocycles. The van der Waals surface area contributed by atoms with Gasteiger partial charge in [-0.25, -0.2) is 28.6 Å². The van der Waals surface area contributed by atoms with Crippen molar-refractivity contribution in [3.05, 3.63) is 73.1 Å². The van der Waals surface area contributed by atoms with Crippen LogP contribution in [0.5, 0.6) is 5.75 Å². The zero-order valence-electron chi connectivity index (χ0n) is 20.3. The largest absolute Gasteiger partial charge is 0.492 e. The first kappa shape index (κ1) is 32.5. The highest BCUT2D eigenvalue weighted by molar-refractivity contribution is 5.90. The number of imidazole rings is 1. The maximum absolute atomic E-state index is 12.8.